The van der Waals surface area contributed by atoms with Gasteiger partial charge in [0.2, 0.25) is 5.43 Å². The molecular formula is C20H22FN5O4. The van der Waals surface area contributed by atoms with Crippen LogP contribution in [-0.2, 0) is 4.84 Å². The summed E-state index contributed by atoms with van der Waals surface area (Å²) in [6.07, 6.45) is 5.47. The molecule has 1 saturated heterocycles. The number of rotatable bonds is 5. The molecule has 0 bridgehead atoms. The van der Waals surface area contributed by atoms with E-state index < -0.39 is 17.2 Å². The number of hydrogen-bond donors (Lipinski definition) is 2. The average Bonchev–Trinajstić information content (AvgIpc) is 3.55. The molecule has 2 fully saturated rings. The molecule has 30 heavy (non-hydrogen) atoms. The van der Waals surface area contributed by atoms with E-state index in [4.69, 9.17) is 10.6 Å². The minimum Gasteiger partial charge on any atom is -0.477 e. The van der Waals surface area contributed by atoms with Gasteiger partial charge in [-0.15, -0.1) is 0 Å². The zero-order valence-corrected chi connectivity index (χ0v) is 16.5. The molecule has 0 amide bonds. The molecule has 10 heteroatoms. The Hall–Kier alpha value is -3.27. The number of carbonyl (C=O) groups is 1. The standard InChI is InChI=1S/C20H22FN5O4/c1-30-24-16-10-25(7-5-11(16)4-6-22)19-15(21)8-13-17(27)14(20(28)29)9-26(12-2-3-12)18(13)23-19/h4,8-9,12H,2-3,5-7,10,22H2,1H3,(H,28,29). The van der Waals surface area contributed by atoms with Gasteiger partial charge >= 0.3 is 5.97 Å². The first kappa shape index (κ1) is 20.0. The van der Waals surface area contributed by atoms with Gasteiger partial charge in [0.25, 0.3) is 0 Å². The normalized spacial score (nSPS) is 19.6. The summed E-state index contributed by atoms with van der Waals surface area (Å²) in [5, 5.41) is 13.4. The molecule has 2 aliphatic rings. The zero-order chi connectivity index (χ0) is 21.4. The third kappa shape index (κ3) is 3.54. The summed E-state index contributed by atoms with van der Waals surface area (Å²) in [6.45, 7) is 1.13. The van der Waals surface area contributed by atoms with Crippen molar-refractivity contribution in [1.29, 1.82) is 0 Å². The topological polar surface area (TPSA) is 123 Å². The van der Waals surface area contributed by atoms with Crippen LogP contribution in [0.1, 0.15) is 35.7 Å². The van der Waals surface area contributed by atoms with Crippen molar-refractivity contribution in [3.63, 3.8) is 0 Å². The number of anilines is 1. The second-order valence-electron chi connectivity index (χ2n) is 7.34. The number of piperidine rings is 1. The van der Waals surface area contributed by atoms with Gasteiger partial charge in [-0.2, -0.15) is 0 Å². The first-order valence-corrected chi connectivity index (χ1v) is 9.67. The highest BCUT2D eigenvalue weighted by Crippen LogP contribution is 2.37. The molecule has 2 aromatic heterocycles. The van der Waals surface area contributed by atoms with Gasteiger partial charge in [-0.05, 0) is 30.9 Å². The molecule has 3 N–H and O–H groups in total. The van der Waals surface area contributed by atoms with E-state index in [0.717, 1.165) is 24.5 Å². The van der Waals surface area contributed by atoms with Crippen LogP contribution in [0.4, 0.5) is 10.2 Å². The Morgan fingerprint density at radius 2 is 2.27 bits per heavy atom. The second kappa shape index (κ2) is 7.86. The number of carboxylic acids is 1. The molecule has 2 aromatic rings. The molecule has 1 aliphatic carbocycles. The first-order chi connectivity index (χ1) is 14.4. The molecule has 3 heterocycles. The molecule has 4 rings (SSSR count). The number of hydrogen-bond acceptors (Lipinski definition) is 7. The van der Waals surface area contributed by atoms with Gasteiger partial charge < -0.3 is 25.1 Å². The molecule has 0 spiro atoms. The van der Waals surface area contributed by atoms with Crippen molar-refractivity contribution in [2.45, 2.75) is 25.3 Å². The number of aromatic carboxylic acids is 1. The highest BCUT2D eigenvalue weighted by atomic mass is 19.1. The van der Waals surface area contributed by atoms with Gasteiger partial charge in [0, 0.05) is 25.3 Å². The largest absolute Gasteiger partial charge is 0.477 e. The van der Waals surface area contributed by atoms with Crippen molar-refractivity contribution in [2.75, 3.05) is 31.6 Å². The number of halogens is 1. The molecule has 0 radical (unpaired) electrons. The lowest BCUT2D eigenvalue weighted by Gasteiger charge is -2.30. The molecule has 0 atom stereocenters. The van der Waals surface area contributed by atoms with Gasteiger partial charge in [-0.1, -0.05) is 11.2 Å². The van der Waals surface area contributed by atoms with Gasteiger partial charge in [-0.3, -0.25) is 4.79 Å². The van der Waals surface area contributed by atoms with Crippen molar-refractivity contribution >= 4 is 28.5 Å². The van der Waals surface area contributed by atoms with E-state index in [1.165, 1.54) is 13.3 Å². The molecule has 0 aromatic carbocycles. The molecular weight excluding hydrogens is 393 g/mol. The Balaban J connectivity index is 1.82. The fourth-order valence-corrected chi connectivity index (χ4v) is 3.74. The van der Waals surface area contributed by atoms with E-state index in [2.05, 4.69) is 10.1 Å². The van der Waals surface area contributed by atoms with Gasteiger partial charge in [0.05, 0.1) is 11.9 Å². The van der Waals surface area contributed by atoms with Crippen LogP contribution in [0, 0.1) is 5.82 Å². The van der Waals surface area contributed by atoms with Crippen LogP contribution in [0.25, 0.3) is 11.0 Å². The van der Waals surface area contributed by atoms with Crippen LogP contribution < -0.4 is 16.1 Å². The zero-order valence-electron chi connectivity index (χ0n) is 16.5. The number of oxime groups is 1. The van der Waals surface area contributed by atoms with Crippen LogP contribution in [0.5, 0.6) is 0 Å². The second-order valence-corrected chi connectivity index (χ2v) is 7.34. The van der Waals surface area contributed by atoms with E-state index in [1.54, 1.807) is 9.47 Å². The minimum absolute atomic E-state index is 0.0328. The fourth-order valence-electron chi connectivity index (χ4n) is 3.74. The number of aromatic nitrogens is 2. The summed E-state index contributed by atoms with van der Waals surface area (Å²) in [7, 11) is 1.44. The molecule has 1 saturated carbocycles. The van der Waals surface area contributed by atoms with E-state index in [9.17, 15) is 14.7 Å². The van der Waals surface area contributed by atoms with Crippen molar-refractivity contribution in [3.05, 3.63) is 45.5 Å². The van der Waals surface area contributed by atoms with Crippen LogP contribution in [0.15, 0.2) is 33.9 Å². The summed E-state index contributed by atoms with van der Waals surface area (Å²) < 4.78 is 16.7. The number of carboxylic acid groups (broad SMARTS) is 1. The molecule has 0 unspecified atom stereocenters. The lowest BCUT2D eigenvalue weighted by atomic mass is 10.0. The smallest absolute Gasteiger partial charge is 0.341 e. The third-order valence-corrected chi connectivity index (χ3v) is 5.34. The molecule has 158 valence electrons. The maximum absolute atomic E-state index is 15.0. The molecule has 9 nitrogen and oxygen atoms in total. The number of nitrogens with zero attached hydrogens (tertiary/aromatic N) is 4. The highest BCUT2D eigenvalue weighted by Gasteiger charge is 2.30. The van der Waals surface area contributed by atoms with Crippen LogP contribution in [0.2, 0.25) is 0 Å². The highest BCUT2D eigenvalue weighted by molar-refractivity contribution is 6.04. The minimum atomic E-state index is -1.34. The Bertz CT molecular complexity index is 1140. The van der Waals surface area contributed by atoms with Crippen molar-refractivity contribution in [3.8, 4) is 0 Å². The SMILES string of the molecule is CON=C1CN(c2nc3c(cc2F)c(=O)c(C(=O)O)cn3C2CC2)CCC1=CCN. The van der Waals surface area contributed by atoms with Crippen LogP contribution >= 0.6 is 0 Å². The van der Waals surface area contributed by atoms with E-state index >= 15 is 4.39 Å². The monoisotopic (exact) mass is 415 g/mol. The van der Waals surface area contributed by atoms with Gasteiger partial charge in [0.15, 0.2) is 11.6 Å². The summed E-state index contributed by atoms with van der Waals surface area (Å²) in [4.78, 5) is 35.2. The predicted octanol–water partition coefficient (Wildman–Crippen LogP) is 1.67. The van der Waals surface area contributed by atoms with E-state index in [-0.39, 0.29) is 35.0 Å². The Morgan fingerprint density at radius 1 is 1.50 bits per heavy atom. The van der Waals surface area contributed by atoms with Crippen LogP contribution in [-0.4, -0.2) is 53.1 Å². The number of fused-ring (bicyclic) bond motifs is 1. The lowest BCUT2D eigenvalue weighted by Crippen LogP contribution is -2.38. The maximum Gasteiger partial charge on any atom is 0.341 e. The summed E-state index contributed by atoms with van der Waals surface area (Å²) in [5.41, 5.74) is 6.37. The summed E-state index contributed by atoms with van der Waals surface area (Å²) in [6, 6.07) is 1.15. The van der Waals surface area contributed by atoms with E-state index in [0.29, 0.717) is 25.2 Å². The Morgan fingerprint density at radius 3 is 2.90 bits per heavy atom. The van der Waals surface area contributed by atoms with Crippen molar-refractivity contribution in [2.24, 2.45) is 10.9 Å². The maximum atomic E-state index is 15.0. The van der Waals surface area contributed by atoms with Crippen LogP contribution in [0.3, 0.4) is 0 Å². The van der Waals surface area contributed by atoms with E-state index in [1.807, 2.05) is 6.08 Å². The Kier molecular flexibility index (Phi) is 5.25. The average molecular weight is 415 g/mol. The quantitative estimate of drug-likeness (QED) is 0.712. The predicted molar refractivity (Wildman–Crippen MR) is 110 cm³/mol. The summed E-state index contributed by atoms with van der Waals surface area (Å²) >= 11 is 0. The lowest BCUT2D eigenvalue weighted by molar-refractivity contribution is 0.0695. The van der Waals surface area contributed by atoms with Gasteiger partial charge in [0.1, 0.15) is 24.0 Å². The first-order valence-electron chi connectivity index (χ1n) is 9.67. The number of pyridine rings is 2. The van der Waals surface area contributed by atoms with Crippen molar-refractivity contribution in [1.82, 2.24) is 9.55 Å². The third-order valence-electron chi connectivity index (χ3n) is 5.34. The summed E-state index contributed by atoms with van der Waals surface area (Å²) in [5.74, 6) is -1.93. The Labute approximate surface area is 171 Å². The van der Waals surface area contributed by atoms with Gasteiger partial charge in [-0.25, -0.2) is 14.2 Å². The number of nitrogens with two attached hydrogens (primary N) is 1. The van der Waals surface area contributed by atoms with Crippen molar-refractivity contribution < 1.29 is 19.1 Å². The molecule has 1 aliphatic heterocycles. The fraction of sp³-hybridized carbons (Fsp3) is 0.400.